The number of carbonyl (C=O) groups is 2. The number of piperazine rings is 1. The summed E-state index contributed by atoms with van der Waals surface area (Å²) in [6.45, 7) is 2.42. The molecule has 20 heavy (non-hydrogen) atoms. The zero-order valence-electron chi connectivity index (χ0n) is 10.8. The molecular weight excluding hydrogens is 300 g/mol. The van der Waals surface area contributed by atoms with Crippen molar-refractivity contribution in [3.8, 4) is 0 Å². The Morgan fingerprint density at radius 1 is 1.55 bits per heavy atom. The average Bonchev–Trinajstić information content (AvgIpc) is 3.05. The Kier molecular flexibility index (Phi) is 3.80. The number of thiazole rings is 1. The molecule has 0 bridgehead atoms. The first-order chi connectivity index (χ1) is 9.67. The number of nitrogens with zero attached hydrogens (tertiary/aromatic N) is 3. The molecule has 6 nitrogen and oxygen atoms in total. The summed E-state index contributed by atoms with van der Waals surface area (Å²) in [5.74, 6) is 0.443. The minimum atomic E-state index is -0.0197. The van der Waals surface area contributed by atoms with E-state index in [1.54, 1.807) is 4.90 Å². The highest BCUT2D eigenvalue weighted by molar-refractivity contribution is 7.09. The number of hydrogen-bond donors (Lipinski definition) is 1. The molecule has 2 aliphatic heterocycles. The van der Waals surface area contributed by atoms with Gasteiger partial charge in [0.05, 0.1) is 24.0 Å². The van der Waals surface area contributed by atoms with E-state index in [0.29, 0.717) is 38.5 Å². The molecule has 0 aromatic carbocycles. The van der Waals surface area contributed by atoms with Gasteiger partial charge in [0.15, 0.2) is 0 Å². The van der Waals surface area contributed by atoms with Gasteiger partial charge in [-0.1, -0.05) is 0 Å². The predicted molar refractivity (Wildman–Crippen MR) is 75.8 cm³/mol. The van der Waals surface area contributed by atoms with Crippen molar-refractivity contribution in [1.29, 1.82) is 0 Å². The van der Waals surface area contributed by atoms with Crippen LogP contribution < -0.4 is 5.32 Å². The van der Waals surface area contributed by atoms with Gasteiger partial charge in [-0.25, -0.2) is 9.78 Å². The molecule has 0 saturated carbocycles. The molecule has 1 unspecified atom stereocenters. The number of fused-ring (bicyclic) bond motifs is 1. The molecule has 1 N–H and O–H groups in total. The lowest BCUT2D eigenvalue weighted by atomic mass is 10.2. The van der Waals surface area contributed by atoms with Crippen LogP contribution in [0.4, 0.5) is 4.79 Å². The minimum absolute atomic E-state index is 0.0197. The van der Waals surface area contributed by atoms with E-state index in [2.05, 4.69) is 10.3 Å². The van der Waals surface area contributed by atoms with Crippen molar-refractivity contribution in [2.45, 2.75) is 18.3 Å². The van der Waals surface area contributed by atoms with Gasteiger partial charge in [-0.3, -0.25) is 4.79 Å². The fraction of sp³-hybridized carbons (Fsp3) is 0.583. The number of carbonyl (C=O) groups excluding carboxylic acids is 2. The largest absolute Gasteiger partial charge is 0.338 e. The molecule has 8 heteroatoms. The summed E-state index contributed by atoms with van der Waals surface area (Å²) in [6.07, 6.45) is 0.315. The van der Waals surface area contributed by atoms with Crippen LogP contribution in [-0.2, 0) is 17.1 Å². The van der Waals surface area contributed by atoms with Gasteiger partial charge in [0, 0.05) is 31.6 Å². The average molecular weight is 315 g/mol. The third-order valence-electron chi connectivity index (χ3n) is 3.62. The summed E-state index contributed by atoms with van der Waals surface area (Å²) >= 11 is 7.17. The third-order valence-corrected chi connectivity index (χ3v) is 4.80. The van der Waals surface area contributed by atoms with E-state index in [9.17, 15) is 9.59 Å². The molecule has 1 atom stereocenters. The van der Waals surface area contributed by atoms with Crippen LogP contribution in [0.25, 0.3) is 0 Å². The Labute approximate surface area is 125 Å². The number of rotatable bonds is 3. The minimum Gasteiger partial charge on any atom is -0.338 e. The Bertz CT molecular complexity index is 535. The van der Waals surface area contributed by atoms with Gasteiger partial charge in [0.25, 0.3) is 0 Å². The lowest BCUT2D eigenvalue weighted by Crippen LogP contribution is -2.54. The van der Waals surface area contributed by atoms with E-state index < -0.39 is 0 Å². The Morgan fingerprint density at radius 3 is 3.15 bits per heavy atom. The molecule has 3 amide bonds. The van der Waals surface area contributed by atoms with Crippen LogP contribution in [-0.4, -0.2) is 58.9 Å². The lowest BCUT2D eigenvalue weighted by molar-refractivity contribution is -0.132. The van der Waals surface area contributed by atoms with Crippen molar-refractivity contribution < 1.29 is 9.59 Å². The summed E-state index contributed by atoms with van der Waals surface area (Å²) in [5, 5.41) is 5.49. The van der Waals surface area contributed by atoms with Gasteiger partial charge in [-0.2, -0.15) is 0 Å². The summed E-state index contributed by atoms with van der Waals surface area (Å²) in [6, 6.07) is 0.0867. The molecule has 3 heterocycles. The third kappa shape index (κ3) is 2.60. The molecule has 1 aromatic heterocycles. The van der Waals surface area contributed by atoms with Crippen molar-refractivity contribution in [1.82, 2.24) is 20.1 Å². The summed E-state index contributed by atoms with van der Waals surface area (Å²) in [5.41, 5.74) is 0.815. The summed E-state index contributed by atoms with van der Waals surface area (Å²) in [7, 11) is 0. The molecule has 3 rings (SSSR count). The Hall–Kier alpha value is -1.34. The van der Waals surface area contributed by atoms with Crippen molar-refractivity contribution in [2.75, 3.05) is 26.2 Å². The van der Waals surface area contributed by atoms with Crippen molar-refractivity contribution in [3.05, 3.63) is 16.1 Å². The van der Waals surface area contributed by atoms with Crippen LogP contribution >= 0.6 is 22.9 Å². The number of alkyl halides is 1. The zero-order valence-corrected chi connectivity index (χ0v) is 12.4. The highest BCUT2D eigenvalue weighted by atomic mass is 35.5. The molecule has 2 aliphatic rings. The monoisotopic (exact) mass is 314 g/mol. The van der Waals surface area contributed by atoms with Crippen LogP contribution in [0.1, 0.15) is 10.7 Å². The number of aromatic nitrogens is 1. The van der Waals surface area contributed by atoms with Gasteiger partial charge in [0.1, 0.15) is 5.01 Å². The summed E-state index contributed by atoms with van der Waals surface area (Å²) in [4.78, 5) is 31.7. The second kappa shape index (κ2) is 5.57. The molecule has 0 spiro atoms. The SMILES string of the molecule is O=C(Cc1nc(CCl)cs1)N1CCN2C(=O)NCC2C1. The molecule has 2 saturated heterocycles. The van der Waals surface area contributed by atoms with Crippen molar-refractivity contribution in [2.24, 2.45) is 0 Å². The first kappa shape index (κ1) is 13.6. The summed E-state index contributed by atoms with van der Waals surface area (Å²) < 4.78 is 0. The fourth-order valence-electron chi connectivity index (χ4n) is 2.56. The smallest absolute Gasteiger partial charge is 0.317 e. The molecule has 0 radical (unpaired) electrons. The highest BCUT2D eigenvalue weighted by Crippen LogP contribution is 2.17. The first-order valence-corrected chi connectivity index (χ1v) is 7.90. The Morgan fingerprint density at radius 2 is 2.40 bits per heavy atom. The zero-order chi connectivity index (χ0) is 14.1. The van der Waals surface area contributed by atoms with E-state index in [4.69, 9.17) is 11.6 Å². The van der Waals surface area contributed by atoms with E-state index in [1.165, 1.54) is 11.3 Å². The molecule has 2 fully saturated rings. The maximum atomic E-state index is 12.3. The number of halogens is 1. The van der Waals surface area contributed by atoms with Gasteiger partial charge >= 0.3 is 6.03 Å². The second-order valence-corrected chi connectivity index (χ2v) is 6.13. The van der Waals surface area contributed by atoms with Crippen LogP contribution in [0.5, 0.6) is 0 Å². The maximum absolute atomic E-state index is 12.3. The van der Waals surface area contributed by atoms with Gasteiger partial charge in [-0.05, 0) is 0 Å². The molecular formula is C12H15ClN4O2S. The standard InChI is InChI=1S/C12H15ClN4O2S/c13-4-8-7-20-10(15-8)3-11(18)16-1-2-17-9(6-16)5-14-12(17)19/h7,9H,1-6H2,(H,14,19). The molecule has 1 aromatic rings. The van der Waals surface area contributed by atoms with E-state index in [0.717, 1.165) is 10.7 Å². The van der Waals surface area contributed by atoms with E-state index in [-0.39, 0.29) is 18.0 Å². The molecule has 108 valence electrons. The van der Waals surface area contributed by atoms with Gasteiger partial charge < -0.3 is 15.1 Å². The predicted octanol–water partition coefficient (Wildman–Crippen LogP) is 0.660. The van der Waals surface area contributed by atoms with Crippen molar-refractivity contribution >= 4 is 34.9 Å². The number of nitrogens with one attached hydrogen (secondary N) is 1. The van der Waals surface area contributed by atoms with Crippen LogP contribution in [0, 0.1) is 0 Å². The van der Waals surface area contributed by atoms with Crippen molar-refractivity contribution in [3.63, 3.8) is 0 Å². The van der Waals surface area contributed by atoms with Gasteiger partial charge in [0.2, 0.25) is 5.91 Å². The highest BCUT2D eigenvalue weighted by Gasteiger charge is 2.36. The molecule has 0 aliphatic carbocycles. The number of hydrogen-bond acceptors (Lipinski definition) is 4. The topological polar surface area (TPSA) is 65.5 Å². The quantitative estimate of drug-likeness (QED) is 0.834. The van der Waals surface area contributed by atoms with Gasteiger partial charge in [-0.15, -0.1) is 22.9 Å². The number of urea groups is 1. The lowest BCUT2D eigenvalue weighted by Gasteiger charge is -2.36. The Balaban J connectivity index is 1.59. The van der Waals surface area contributed by atoms with Crippen LogP contribution in [0.15, 0.2) is 5.38 Å². The van der Waals surface area contributed by atoms with Crippen LogP contribution in [0.3, 0.4) is 0 Å². The maximum Gasteiger partial charge on any atom is 0.317 e. The van der Waals surface area contributed by atoms with Crippen LogP contribution in [0.2, 0.25) is 0 Å². The fourth-order valence-corrected chi connectivity index (χ4v) is 3.58. The van der Waals surface area contributed by atoms with E-state index >= 15 is 0 Å². The first-order valence-electron chi connectivity index (χ1n) is 6.49. The van der Waals surface area contributed by atoms with E-state index in [1.807, 2.05) is 10.3 Å². The number of amides is 3. The second-order valence-electron chi connectivity index (χ2n) is 4.92. The normalized spacial score (nSPS) is 21.9.